The second-order valence-electron chi connectivity index (χ2n) is 5.93. The van der Waals surface area contributed by atoms with Gasteiger partial charge in [0.15, 0.2) is 0 Å². The van der Waals surface area contributed by atoms with Crippen LogP contribution in [0.25, 0.3) is 0 Å². The lowest BCUT2D eigenvalue weighted by atomic mass is 9.75. The molecule has 0 aromatic heterocycles. The molecule has 1 aromatic carbocycles. The highest BCUT2D eigenvalue weighted by molar-refractivity contribution is 5.89. The van der Waals surface area contributed by atoms with Crippen molar-refractivity contribution in [2.45, 2.75) is 44.6 Å². The van der Waals surface area contributed by atoms with Crippen molar-refractivity contribution in [2.24, 2.45) is 11.7 Å². The SMILES string of the molecule is CCC1CCC(CN)(NC(=O)Nc2cccc(F)c2)CC1. The van der Waals surface area contributed by atoms with Gasteiger partial charge >= 0.3 is 6.03 Å². The van der Waals surface area contributed by atoms with Gasteiger partial charge in [-0.05, 0) is 49.8 Å². The van der Waals surface area contributed by atoms with E-state index < -0.39 is 0 Å². The molecule has 21 heavy (non-hydrogen) atoms. The number of anilines is 1. The summed E-state index contributed by atoms with van der Waals surface area (Å²) < 4.78 is 13.1. The minimum Gasteiger partial charge on any atom is -0.331 e. The average molecular weight is 293 g/mol. The third kappa shape index (κ3) is 4.17. The maximum atomic E-state index is 13.1. The number of hydrogen-bond donors (Lipinski definition) is 3. The molecule has 0 aliphatic heterocycles. The van der Waals surface area contributed by atoms with Crippen LogP contribution in [0, 0.1) is 11.7 Å². The molecule has 4 N–H and O–H groups in total. The lowest BCUT2D eigenvalue weighted by Gasteiger charge is -2.39. The van der Waals surface area contributed by atoms with Gasteiger partial charge in [0, 0.05) is 12.2 Å². The maximum Gasteiger partial charge on any atom is 0.319 e. The number of nitrogens with one attached hydrogen (secondary N) is 2. The summed E-state index contributed by atoms with van der Waals surface area (Å²) in [6.45, 7) is 2.63. The van der Waals surface area contributed by atoms with Gasteiger partial charge in [-0.1, -0.05) is 19.4 Å². The van der Waals surface area contributed by atoms with Crippen molar-refractivity contribution in [1.29, 1.82) is 0 Å². The van der Waals surface area contributed by atoms with Crippen molar-refractivity contribution < 1.29 is 9.18 Å². The van der Waals surface area contributed by atoms with Gasteiger partial charge in [-0.15, -0.1) is 0 Å². The van der Waals surface area contributed by atoms with Gasteiger partial charge in [0.25, 0.3) is 0 Å². The van der Waals surface area contributed by atoms with Crippen molar-refractivity contribution in [3.63, 3.8) is 0 Å². The molecule has 2 rings (SSSR count). The van der Waals surface area contributed by atoms with Crippen LogP contribution in [0.5, 0.6) is 0 Å². The van der Waals surface area contributed by atoms with Gasteiger partial charge < -0.3 is 16.4 Å². The molecule has 0 unspecified atom stereocenters. The van der Waals surface area contributed by atoms with E-state index in [1.165, 1.54) is 18.6 Å². The van der Waals surface area contributed by atoms with Crippen molar-refractivity contribution >= 4 is 11.7 Å². The third-order valence-corrected chi connectivity index (χ3v) is 4.49. The quantitative estimate of drug-likeness (QED) is 0.797. The molecule has 1 saturated carbocycles. The minimum atomic E-state index is -0.371. The van der Waals surface area contributed by atoms with E-state index in [1.807, 2.05) is 0 Å². The molecule has 116 valence electrons. The number of halogens is 1. The molecule has 1 fully saturated rings. The fraction of sp³-hybridized carbons (Fsp3) is 0.562. The van der Waals surface area contributed by atoms with Gasteiger partial charge in [-0.3, -0.25) is 0 Å². The van der Waals surface area contributed by atoms with E-state index in [1.54, 1.807) is 12.1 Å². The molecular weight excluding hydrogens is 269 g/mol. The van der Waals surface area contributed by atoms with E-state index in [4.69, 9.17) is 5.73 Å². The van der Waals surface area contributed by atoms with Crippen LogP contribution in [-0.4, -0.2) is 18.1 Å². The van der Waals surface area contributed by atoms with E-state index in [2.05, 4.69) is 17.6 Å². The third-order valence-electron chi connectivity index (χ3n) is 4.49. The summed E-state index contributed by atoms with van der Waals surface area (Å²) in [5.74, 6) is 0.363. The number of carbonyl (C=O) groups excluding carboxylic acids is 1. The fourth-order valence-corrected chi connectivity index (χ4v) is 2.99. The monoisotopic (exact) mass is 293 g/mol. The number of benzene rings is 1. The summed E-state index contributed by atoms with van der Waals surface area (Å²) in [4.78, 5) is 12.1. The lowest BCUT2D eigenvalue weighted by Crippen LogP contribution is -2.56. The Labute approximate surface area is 125 Å². The van der Waals surface area contributed by atoms with E-state index >= 15 is 0 Å². The number of carbonyl (C=O) groups is 1. The topological polar surface area (TPSA) is 67.1 Å². The number of urea groups is 1. The standard InChI is InChI=1S/C16H24FN3O/c1-2-12-6-8-16(11-18,9-7-12)20-15(21)19-14-5-3-4-13(17)10-14/h3-5,10,12H,2,6-9,11,18H2,1H3,(H2,19,20,21). The second-order valence-corrected chi connectivity index (χ2v) is 5.93. The second kappa shape index (κ2) is 6.89. The molecule has 1 aliphatic carbocycles. The van der Waals surface area contributed by atoms with Crippen molar-refractivity contribution in [3.05, 3.63) is 30.1 Å². The van der Waals surface area contributed by atoms with E-state index in [0.717, 1.165) is 31.6 Å². The zero-order chi connectivity index (χ0) is 15.3. The average Bonchev–Trinajstić information content (AvgIpc) is 2.48. The van der Waals surface area contributed by atoms with Gasteiger partial charge in [-0.25, -0.2) is 9.18 Å². The summed E-state index contributed by atoms with van der Waals surface area (Å²) >= 11 is 0. The van der Waals surface area contributed by atoms with Crippen LogP contribution in [0.2, 0.25) is 0 Å². The Balaban J connectivity index is 1.94. The Morgan fingerprint density at radius 3 is 2.71 bits per heavy atom. The molecule has 0 atom stereocenters. The lowest BCUT2D eigenvalue weighted by molar-refractivity contribution is 0.189. The van der Waals surface area contributed by atoms with Crippen LogP contribution in [-0.2, 0) is 0 Å². The summed E-state index contributed by atoms with van der Waals surface area (Å²) in [5.41, 5.74) is 6.00. The number of nitrogens with two attached hydrogens (primary N) is 1. The van der Waals surface area contributed by atoms with E-state index in [9.17, 15) is 9.18 Å². The molecule has 1 aliphatic rings. The number of rotatable bonds is 4. The first kappa shape index (κ1) is 15.8. The van der Waals surface area contributed by atoms with Crippen LogP contribution < -0.4 is 16.4 Å². The van der Waals surface area contributed by atoms with E-state index in [0.29, 0.717) is 12.2 Å². The van der Waals surface area contributed by atoms with Gasteiger partial charge in [-0.2, -0.15) is 0 Å². The Morgan fingerprint density at radius 1 is 1.43 bits per heavy atom. The molecule has 0 bridgehead atoms. The van der Waals surface area contributed by atoms with Crippen LogP contribution >= 0.6 is 0 Å². The molecule has 0 heterocycles. The van der Waals surface area contributed by atoms with Crippen LogP contribution in [0.15, 0.2) is 24.3 Å². The highest BCUT2D eigenvalue weighted by Crippen LogP contribution is 2.33. The van der Waals surface area contributed by atoms with Crippen LogP contribution in [0.4, 0.5) is 14.9 Å². The zero-order valence-electron chi connectivity index (χ0n) is 12.5. The number of amides is 2. The van der Waals surface area contributed by atoms with Crippen LogP contribution in [0.1, 0.15) is 39.0 Å². The predicted molar refractivity (Wildman–Crippen MR) is 82.6 cm³/mol. The molecule has 2 amide bonds. The normalized spacial score (nSPS) is 25.4. The zero-order valence-corrected chi connectivity index (χ0v) is 12.5. The Morgan fingerprint density at radius 2 is 2.14 bits per heavy atom. The Kier molecular flexibility index (Phi) is 5.17. The molecule has 0 spiro atoms. The molecule has 0 radical (unpaired) electrons. The molecule has 4 nitrogen and oxygen atoms in total. The van der Waals surface area contributed by atoms with Gasteiger partial charge in [0.05, 0.1) is 5.54 Å². The minimum absolute atomic E-state index is 0.319. The van der Waals surface area contributed by atoms with E-state index in [-0.39, 0.29) is 17.4 Å². The van der Waals surface area contributed by atoms with Crippen molar-refractivity contribution in [2.75, 3.05) is 11.9 Å². The Hall–Kier alpha value is -1.62. The fourth-order valence-electron chi connectivity index (χ4n) is 2.99. The predicted octanol–water partition coefficient (Wildman–Crippen LogP) is 3.24. The highest BCUT2D eigenvalue weighted by Gasteiger charge is 2.35. The smallest absolute Gasteiger partial charge is 0.319 e. The van der Waals surface area contributed by atoms with Crippen molar-refractivity contribution in [1.82, 2.24) is 5.32 Å². The first-order chi connectivity index (χ1) is 10.1. The molecular formula is C16H24FN3O. The summed E-state index contributed by atoms with van der Waals surface area (Å²) in [5, 5.41) is 5.67. The molecule has 1 aromatic rings. The highest BCUT2D eigenvalue weighted by atomic mass is 19.1. The Bertz CT molecular complexity index is 484. The van der Waals surface area contributed by atoms with Gasteiger partial charge in [0.2, 0.25) is 0 Å². The van der Waals surface area contributed by atoms with Crippen LogP contribution in [0.3, 0.4) is 0 Å². The maximum absolute atomic E-state index is 13.1. The van der Waals surface area contributed by atoms with Crippen molar-refractivity contribution in [3.8, 4) is 0 Å². The first-order valence-corrected chi connectivity index (χ1v) is 7.62. The largest absolute Gasteiger partial charge is 0.331 e. The summed E-state index contributed by atoms with van der Waals surface area (Å²) in [6.07, 6.45) is 5.16. The van der Waals surface area contributed by atoms with Gasteiger partial charge in [0.1, 0.15) is 5.82 Å². The first-order valence-electron chi connectivity index (χ1n) is 7.62. The molecule has 0 saturated heterocycles. The summed E-state index contributed by atoms with van der Waals surface area (Å²) in [6, 6.07) is 5.54. The summed E-state index contributed by atoms with van der Waals surface area (Å²) in [7, 11) is 0. The number of hydrogen-bond acceptors (Lipinski definition) is 2. The molecule has 5 heteroatoms.